The highest BCUT2D eigenvalue weighted by Crippen LogP contribution is 2.39. The molecule has 2 aromatic heterocycles. The molecule has 1 aliphatic carbocycles. The number of carbonyl (C=O) groups excluding carboxylic acids is 2. The van der Waals surface area contributed by atoms with Crippen LogP contribution in [0.1, 0.15) is 50.9 Å². The molecule has 3 N–H and O–H groups in total. The van der Waals surface area contributed by atoms with Crippen molar-refractivity contribution >= 4 is 29.0 Å². The van der Waals surface area contributed by atoms with Gasteiger partial charge in [0.15, 0.2) is 11.5 Å². The summed E-state index contributed by atoms with van der Waals surface area (Å²) in [5, 5.41) is 17.4. The summed E-state index contributed by atoms with van der Waals surface area (Å²) in [4.78, 5) is 42.2. The van der Waals surface area contributed by atoms with E-state index in [9.17, 15) is 9.59 Å². The molecule has 0 aliphatic heterocycles. The molecule has 0 saturated heterocycles. The number of nitriles is 1. The van der Waals surface area contributed by atoms with Gasteiger partial charge in [-0.15, -0.1) is 0 Å². The van der Waals surface area contributed by atoms with Gasteiger partial charge in [-0.25, -0.2) is 19.9 Å². The first-order valence-corrected chi connectivity index (χ1v) is 9.55. The zero-order valence-electron chi connectivity index (χ0n) is 16.6. The van der Waals surface area contributed by atoms with E-state index in [1.165, 1.54) is 31.6 Å². The summed E-state index contributed by atoms with van der Waals surface area (Å²) in [6, 6.07) is 6.44. The fourth-order valence-electron chi connectivity index (χ4n) is 2.96. The number of nitrogens with zero attached hydrogens (tertiary/aromatic N) is 5. The minimum absolute atomic E-state index is 0.0838. The Morgan fingerprint density at radius 3 is 2.58 bits per heavy atom. The predicted molar refractivity (Wildman–Crippen MR) is 112 cm³/mol. The smallest absolute Gasteiger partial charge is 0.278 e. The van der Waals surface area contributed by atoms with Crippen molar-refractivity contribution in [2.24, 2.45) is 0 Å². The summed E-state index contributed by atoms with van der Waals surface area (Å²) in [5.74, 6) is -0.425. The lowest BCUT2D eigenvalue weighted by Crippen LogP contribution is -2.23. The Morgan fingerprint density at radius 2 is 1.90 bits per heavy atom. The van der Waals surface area contributed by atoms with Crippen molar-refractivity contribution in [1.82, 2.24) is 25.3 Å². The van der Waals surface area contributed by atoms with Crippen LogP contribution in [0.2, 0.25) is 0 Å². The lowest BCUT2D eigenvalue weighted by atomic mass is 10.1. The number of carbonyl (C=O) groups is 2. The molecule has 0 radical (unpaired) electrons. The van der Waals surface area contributed by atoms with Crippen LogP contribution in [0.25, 0.3) is 0 Å². The van der Waals surface area contributed by atoms with Crippen LogP contribution in [-0.4, -0.2) is 38.8 Å². The molecule has 0 bridgehead atoms. The SMILES string of the molecule is CNC(=O)c1cc(C#N)ccc1NC(=O)c1nc(C2CC2)cnc1Nc1cncnc1. The second-order valence-corrected chi connectivity index (χ2v) is 6.92. The van der Waals surface area contributed by atoms with Gasteiger partial charge in [0.1, 0.15) is 6.33 Å². The highest BCUT2D eigenvalue weighted by atomic mass is 16.2. The maximum absolute atomic E-state index is 13.2. The molecule has 2 amide bonds. The molecule has 4 rings (SSSR count). The van der Waals surface area contributed by atoms with Crippen molar-refractivity contribution in [3.63, 3.8) is 0 Å². The van der Waals surface area contributed by atoms with E-state index in [0.717, 1.165) is 18.5 Å². The molecule has 3 aromatic rings. The highest BCUT2D eigenvalue weighted by Gasteiger charge is 2.28. The lowest BCUT2D eigenvalue weighted by molar-refractivity contribution is 0.0964. The Kier molecular flexibility index (Phi) is 5.49. The average Bonchev–Trinajstić information content (AvgIpc) is 3.65. The molecule has 154 valence electrons. The number of amides is 2. The van der Waals surface area contributed by atoms with Gasteiger partial charge in [-0.2, -0.15) is 5.26 Å². The quantitative estimate of drug-likeness (QED) is 0.557. The monoisotopic (exact) mass is 414 g/mol. The molecule has 1 aromatic carbocycles. The second-order valence-electron chi connectivity index (χ2n) is 6.92. The third-order valence-corrected chi connectivity index (χ3v) is 4.69. The molecule has 1 aliphatic rings. The van der Waals surface area contributed by atoms with Crippen molar-refractivity contribution in [1.29, 1.82) is 5.26 Å². The number of rotatable bonds is 6. The van der Waals surface area contributed by atoms with Crippen LogP contribution in [0, 0.1) is 11.3 Å². The van der Waals surface area contributed by atoms with E-state index in [1.54, 1.807) is 18.6 Å². The maximum atomic E-state index is 13.2. The average molecular weight is 414 g/mol. The number of benzene rings is 1. The molecule has 1 fully saturated rings. The molecular formula is C21H18N8O2. The first-order valence-electron chi connectivity index (χ1n) is 9.55. The maximum Gasteiger partial charge on any atom is 0.278 e. The molecular weight excluding hydrogens is 396 g/mol. The largest absolute Gasteiger partial charge is 0.355 e. The van der Waals surface area contributed by atoms with Crippen LogP contribution >= 0.6 is 0 Å². The minimum atomic E-state index is -0.538. The van der Waals surface area contributed by atoms with Gasteiger partial charge in [0.05, 0.1) is 52.9 Å². The normalized spacial score (nSPS) is 12.5. The fraction of sp³-hybridized carbons (Fsp3) is 0.190. The van der Waals surface area contributed by atoms with E-state index >= 15 is 0 Å². The van der Waals surface area contributed by atoms with Crippen LogP contribution in [-0.2, 0) is 0 Å². The van der Waals surface area contributed by atoms with Gasteiger partial charge in [0.2, 0.25) is 0 Å². The highest BCUT2D eigenvalue weighted by molar-refractivity contribution is 6.10. The predicted octanol–water partition coefficient (Wildman–Crippen LogP) is 2.37. The Bertz CT molecular complexity index is 1190. The summed E-state index contributed by atoms with van der Waals surface area (Å²) in [6.45, 7) is 0. The van der Waals surface area contributed by atoms with Crippen LogP contribution in [0.15, 0.2) is 43.1 Å². The Labute approximate surface area is 177 Å². The summed E-state index contributed by atoms with van der Waals surface area (Å²) in [6.07, 6.45) is 8.16. The van der Waals surface area contributed by atoms with Gasteiger partial charge in [0.25, 0.3) is 11.8 Å². The van der Waals surface area contributed by atoms with Crippen molar-refractivity contribution in [2.45, 2.75) is 18.8 Å². The number of anilines is 3. The van der Waals surface area contributed by atoms with Gasteiger partial charge >= 0.3 is 0 Å². The second kappa shape index (κ2) is 8.54. The number of hydrogen-bond donors (Lipinski definition) is 3. The lowest BCUT2D eigenvalue weighted by Gasteiger charge is -2.13. The minimum Gasteiger partial charge on any atom is -0.355 e. The fourth-order valence-corrected chi connectivity index (χ4v) is 2.96. The molecule has 10 heteroatoms. The standard InChI is InChI=1S/C21H18N8O2/c1-23-20(30)15-6-12(7-22)2-5-16(15)29-21(31)18-19(27-14-8-24-11-25-9-14)26-10-17(28-18)13-3-4-13/h2,5-6,8-11,13H,3-4H2,1H3,(H,23,30)(H,26,27)(H,29,31). The van der Waals surface area contributed by atoms with E-state index in [2.05, 4.69) is 35.9 Å². The topological polar surface area (TPSA) is 146 Å². The van der Waals surface area contributed by atoms with E-state index in [4.69, 9.17) is 5.26 Å². The molecule has 0 atom stereocenters. The van der Waals surface area contributed by atoms with Crippen molar-refractivity contribution in [3.05, 3.63) is 65.6 Å². The van der Waals surface area contributed by atoms with E-state index in [-0.39, 0.29) is 22.8 Å². The number of aromatic nitrogens is 4. The van der Waals surface area contributed by atoms with Crippen molar-refractivity contribution in [3.8, 4) is 6.07 Å². The summed E-state index contributed by atoms with van der Waals surface area (Å²) < 4.78 is 0. The number of nitrogens with one attached hydrogen (secondary N) is 3. The van der Waals surface area contributed by atoms with Gasteiger partial charge in [-0.3, -0.25) is 9.59 Å². The van der Waals surface area contributed by atoms with E-state index in [1.807, 2.05) is 6.07 Å². The third kappa shape index (κ3) is 4.45. The van der Waals surface area contributed by atoms with E-state index < -0.39 is 11.8 Å². The molecule has 0 unspecified atom stereocenters. The van der Waals surface area contributed by atoms with Gasteiger partial charge in [0, 0.05) is 13.0 Å². The van der Waals surface area contributed by atoms with Gasteiger partial charge < -0.3 is 16.0 Å². The van der Waals surface area contributed by atoms with Gasteiger partial charge in [-0.05, 0) is 31.0 Å². The van der Waals surface area contributed by atoms with E-state index in [0.29, 0.717) is 17.2 Å². The summed E-state index contributed by atoms with van der Waals surface area (Å²) in [7, 11) is 1.47. The first-order chi connectivity index (χ1) is 15.1. The zero-order valence-corrected chi connectivity index (χ0v) is 16.6. The van der Waals surface area contributed by atoms with Crippen LogP contribution in [0.3, 0.4) is 0 Å². The molecule has 0 spiro atoms. The van der Waals surface area contributed by atoms with Crippen LogP contribution < -0.4 is 16.0 Å². The third-order valence-electron chi connectivity index (χ3n) is 4.69. The number of hydrogen-bond acceptors (Lipinski definition) is 8. The summed E-state index contributed by atoms with van der Waals surface area (Å²) in [5.41, 5.74) is 2.11. The Morgan fingerprint density at radius 1 is 1.13 bits per heavy atom. The first kappa shape index (κ1) is 19.9. The molecule has 10 nitrogen and oxygen atoms in total. The van der Waals surface area contributed by atoms with Crippen LogP contribution in [0.4, 0.5) is 17.2 Å². The summed E-state index contributed by atoms with van der Waals surface area (Å²) >= 11 is 0. The Hall–Kier alpha value is -4.39. The molecule has 2 heterocycles. The van der Waals surface area contributed by atoms with Crippen molar-refractivity contribution in [2.75, 3.05) is 17.7 Å². The zero-order chi connectivity index (χ0) is 21.8. The molecule has 1 saturated carbocycles. The van der Waals surface area contributed by atoms with Crippen molar-refractivity contribution < 1.29 is 9.59 Å². The molecule has 31 heavy (non-hydrogen) atoms. The van der Waals surface area contributed by atoms with Crippen LogP contribution in [0.5, 0.6) is 0 Å². The Balaban J connectivity index is 1.68. The van der Waals surface area contributed by atoms with Gasteiger partial charge in [-0.1, -0.05) is 0 Å².